The number of amides is 1. The molecule has 0 aromatic heterocycles. The predicted octanol–water partition coefficient (Wildman–Crippen LogP) is 15.1. The predicted molar refractivity (Wildman–Crippen MR) is 373 cm³/mol. The highest BCUT2D eigenvalue weighted by molar-refractivity contribution is 5.76. The number of hydrogen-bond donors (Lipinski definition) is 9. The quantitative estimate of drug-likeness (QED) is 0.0204. The zero-order valence-corrected chi connectivity index (χ0v) is 56.5. The lowest BCUT2D eigenvalue weighted by atomic mass is 9.97. The first-order valence-corrected chi connectivity index (χ1v) is 35.9. The minimum absolute atomic E-state index is 0.256. The number of carbonyl (C=O) groups excluding carboxylic acids is 1. The van der Waals surface area contributed by atoms with Gasteiger partial charge in [0.1, 0.15) is 48.8 Å². The fraction of sp³-hybridized carbons (Fsp3) is 0.701. The van der Waals surface area contributed by atoms with Crippen LogP contribution in [0, 0.1) is 0 Å². The SMILES string of the molecule is CC/C=C\C/C=C\C/C=C\C/C=C\C/C=C\C/C=C\C/C=C\C/C=C\C/C=C\C/C=C\CCCCCCCCC(=O)NC(COC1OC(CO)C(OC2OC(CO)C(O)C(O)C2O)C(O)C1O)C(O)/C=C/CCCCCCCCCCCCCCCCCCCC. The molecule has 14 nitrogen and oxygen atoms in total. The largest absolute Gasteiger partial charge is 0.394 e. The Morgan fingerprint density at radius 1 is 0.407 bits per heavy atom. The van der Waals surface area contributed by atoms with E-state index in [1.807, 2.05) is 6.08 Å². The minimum Gasteiger partial charge on any atom is -0.394 e. The molecule has 0 aromatic rings. The Bertz CT molecular complexity index is 2040. The molecule has 9 N–H and O–H groups in total. The Morgan fingerprint density at radius 3 is 1.16 bits per heavy atom. The van der Waals surface area contributed by atoms with Gasteiger partial charge in [-0.05, 0) is 96.3 Å². The van der Waals surface area contributed by atoms with Gasteiger partial charge in [-0.15, -0.1) is 0 Å². The third kappa shape index (κ3) is 43.7. The summed E-state index contributed by atoms with van der Waals surface area (Å²) in [7, 11) is 0. The second kappa shape index (κ2) is 59.8. The topological polar surface area (TPSA) is 228 Å². The fourth-order valence-electron chi connectivity index (χ4n) is 10.9. The number of hydrogen-bond acceptors (Lipinski definition) is 13. The molecule has 12 atom stereocenters. The Hall–Kier alpha value is -3.87. The van der Waals surface area contributed by atoms with Gasteiger partial charge in [0.05, 0.1) is 32.0 Å². The zero-order valence-electron chi connectivity index (χ0n) is 56.5. The molecule has 0 spiro atoms. The van der Waals surface area contributed by atoms with Crippen LogP contribution in [0.1, 0.15) is 251 Å². The van der Waals surface area contributed by atoms with Crippen LogP contribution in [0.2, 0.25) is 0 Å². The summed E-state index contributed by atoms with van der Waals surface area (Å²) in [5.74, 6) is -0.258. The molecular formula is C77H129NO13. The first kappa shape index (κ1) is 83.2. The van der Waals surface area contributed by atoms with E-state index < -0.39 is 86.8 Å². The first-order valence-electron chi connectivity index (χ1n) is 35.9. The van der Waals surface area contributed by atoms with Gasteiger partial charge in [0.25, 0.3) is 0 Å². The molecule has 1 amide bonds. The van der Waals surface area contributed by atoms with Crippen molar-refractivity contribution in [3.8, 4) is 0 Å². The van der Waals surface area contributed by atoms with E-state index in [-0.39, 0.29) is 18.9 Å². The van der Waals surface area contributed by atoms with E-state index in [1.165, 1.54) is 103 Å². The average Bonchev–Trinajstić information content (AvgIpc) is 1.04. The van der Waals surface area contributed by atoms with Crippen LogP contribution in [-0.4, -0.2) is 140 Å². The van der Waals surface area contributed by atoms with Crippen LogP contribution in [0.5, 0.6) is 0 Å². The third-order valence-corrected chi connectivity index (χ3v) is 16.6. The molecule has 2 aliphatic heterocycles. The van der Waals surface area contributed by atoms with Gasteiger partial charge in [0.2, 0.25) is 5.91 Å². The molecule has 2 saturated heterocycles. The lowest BCUT2D eigenvalue weighted by molar-refractivity contribution is -0.359. The van der Waals surface area contributed by atoms with E-state index in [2.05, 4.69) is 141 Å². The van der Waals surface area contributed by atoms with Gasteiger partial charge in [0, 0.05) is 6.42 Å². The highest BCUT2D eigenvalue weighted by Crippen LogP contribution is 2.30. The van der Waals surface area contributed by atoms with Crippen molar-refractivity contribution in [1.82, 2.24) is 5.32 Å². The Morgan fingerprint density at radius 2 is 0.758 bits per heavy atom. The number of carbonyl (C=O) groups is 1. The molecule has 91 heavy (non-hydrogen) atoms. The van der Waals surface area contributed by atoms with Crippen molar-refractivity contribution in [3.63, 3.8) is 0 Å². The van der Waals surface area contributed by atoms with Crippen molar-refractivity contribution in [1.29, 1.82) is 0 Å². The second-order valence-electron chi connectivity index (χ2n) is 24.6. The van der Waals surface area contributed by atoms with Crippen LogP contribution in [0.15, 0.2) is 134 Å². The molecule has 2 heterocycles. The summed E-state index contributed by atoms with van der Waals surface area (Å²) in [4.78, 5) is 13.3. The lowest BCUT2D eigenvalue weighted by Crippen LogP contribution is -2.65. The molecule has 2 aliphatic rings. The average molecular weight is 1280 g/mol. The van der Waals surface area contributed by atoms with Gasteiger partial charge in [-0.25, -0.2) is 0 Å². The van der Waals surface area contributed by atoms with Gasteiger partial charge in [-0.1, -0.05) is 282 Å². The molecule has 12 unspecified atom stereocenters. The maximum absolute atomic E-state index is 13.3. The Kier molecular flexibility index (Phi) is 54.7. The van der Waals surface area contributed by atoms with Gasteiger partial charge in [-0.3, -0.25) is 4.79 Å². The normalized spacial score (nSPS) is 23.6. The van der Waals surface area contributed by atoms with Crippen molar-refractivity contribution in [2.45, 2.75) is 325 Å². The molecule has 0 aromatic carbocycles. The first-order chi connectivity index (χ1) is 44.6. The summed E-state index contributed by atoms with van der Waals surface area (Å²) in [6.45, 7) is 2.68. The van der Waals surface area contributed by atoms with E-state index in [9.17, 15) is 45.6 Å². The Balaban J connectivity index is 1.68. The van der Waals surface area contributed by atoms with Crippen molar-refractivity contribution in [2.24, 2.45) is 0 Å². The lowest BCUT2D eigenvalue weighted by Gasteiger charge is -2.46. The summed E-state index contributed by atoms with van der Waals surface area (Å²) in [6.07, 6.45) is 72.1. The summed E-state index contributed by atoms with van der Waals surface area (Å²) >= 11 is 0. The van der Waals surface area contributed by atoms with E-state index >= 15 is 0 Å². The van der Waals surface area contributed by atoms with Crippen molar-refractivity contribution in [3.05, 3.63) is 134 Å². The van der Waals surface area contributed by atoms with Crippen molar-refractivity contribution < 1.29 is 64.6 Å². The van der Waals surface area contributed by atoms with E-state index in [4.69, 9.17) is 18.9 Å². The highest BCUT2D eigenvalue weighted by atomic mass is 16.7. The molecule has 0 bridgehead atoms. The second-order valence-corrected chi connectivity index (χ2v) is 24.6. The monoisotopic (exact) mass is 1280 g/mol. The van der Waals surface area contributed by atoms with Gasteiger partial charge >= 0.3 is 0 Å². The molecule has 0 saturated carbocycles. The third-order valence-electron chi connectivity index (χ3n) is 16.6. The minimum atomic E-state index is -1.80. The fourth-order valence-corrected chi connectivity index (χ4v) is 10.9. The van der Waals surface area contributed by atoms with Gasteiger partial charge in [0.15, 0.2) is 12.6 Å². The number of unbranched alkanes of at least 4 members (excludes halogenated alkanes) is 24. The molecule has 0 aliphatic carbocycles. The number of ether oxygens (including phenoxy) is 4. The summed E-state index contributed by atoms with van der Waals surface area (Å²) in [5.41, 5.74) is 0. The van der Waals surface area contributed by atoms with E-state index in [0.29, 0.717) is 6.42 Å². The van der Waals surface area contributed by atoms with Crippen LogP contribution in [-0.2, 0) is 23.7 Å². The van der Waals surface area contributed by atoms with Gasteiger partial charge < -0.3 is 65.1 Å². The number of aliphatic hydroxyl groups excluding tert-OH is 8. The van der Waals surface area contributed by atoms with Crippen LogP contribution in [0.3, 0.4) is 0 Å². The standard InChI is InChI=1S/C77H129NO13/c1-3-5-7-9-11-13-15-17-19-21-23-25-26-27-28-29-30-31-32-33-34-35-36-37-38-39-40-41-43-45-47-49-51-53-55-57-59-61-69(82)78-65(66(81)60-58-56-54-52-50-48-46-44-42-24-22-20-18-16-14-12-10-8-6-4-2)64-88-76-74(87)72(85)75(68(63-80)90-76)91-77-73(86)71(84)70(83)67(62-79)89-77/h5,7,11,13,17,19,23,25,27-28,30-31,33-34,36-37,39-40,43,45,58,60,65-68,70-77,79-81,83-87H,3-4,6,8-10,12,14-16,18,20-22,24,26,29,32,35,38,41-42,44,46-57,59,61-64H2,1-2H3,(H,78,82)/b7-5-,13-11-,19-17-,25-23-,28-27-,31-30-,34-33-,37-36-,40-39-,45-43-,60-58+. The molecule has 14 heteroatoms. The smallest absolute Gasteiger partial charge is 0.220 e. The maximum Gasteiger partial charge on any atom is 0.220 e. The van der Waals surface area contributed by atoms with E-state index in [1.54, 1.807) is 6.08 Å². The molecule has 0 radical (unpaired) electrons. The van der Waals surface area contributed by atoms with Crippen LogP contribution in [0.4, 0.5) is 0 Å². The van der Waals surface area contributed by atoms with Crippen LogP contribution >= 0.6 is 0 Å². The summed E-state index contributed by atoms with van der Waals surface area (Å²) < 4.78 is 22.8. The van der Waals surface area contributed by atoms with E-state index in [0.717, 1.165) is 122 Å². The summed E-state index contributed by atoms with van der Waals surface area (Å²) in [5, 5.41) is 87.4. The van der Waals surface area contributed by atoms with Crippen molar-refractivity contribution in [2.75, 3.05) is 19.8 Å². The number of nitrogens with one attached hydrogen (secondary N) is 1. The number of rotatable bonds is 57. The van der Waals surface area contributed by atoms with Crippen molar-refractivity contribution >= 4 is 5.91 Å². The number of aliphatic hydroxyl groups is 8. The summed E-state index contributed by atoms with van der Waals surface area (Å²) in [6, 6.07) is -0.934. The van der Waals surface area contributed by atoms with Gasteiger partial charge in [-0.2, -0.15) is 0 Å². The molecule has 2 fully saturated rings. The maximum atomic E-state index is 13.3. The molecule has 2 rings (SSSR count). The molecular weight excluding hydrogens is 1150 g/mol. The molecule has 520 valence electrons. The highest BCUT2D eigenvalue weighted by Gasteiger charge is 2.51. The van der Waals surface area contributed by atoms with Crippen LogP contribution in [0.25, 0.3) is 0 Å². The Labute approximate surface area is 551 Å². The van der Waals surface area contributed by atoms with Crippen LogP contribution < -0.4 is 5.32 Å². The number of allylic oxidation sites excluding steroid dienone is 21. The zero-order chi connectivity index (χ0) is 65.9.